The second-order valence-corrected chi connectivity index (χ2v) is 6.53. The number of benzene rings is 2. The average Bonchev–Trinajstić information content (AvgIpc) is 2.68. The van der Waals surface area contributed by atoms with Crippen molar-refractivity contribution < 1.29 is 9.53 Å². The monoisotopic (exact) mass is 396 g/mol. The molecule has 6 nitrogen and oxygen atoms in total. The number of carbonyl (C=O) groups excluding carboxylic acids is 1. The molecule has 1 aromatic heterocycles. The summed E-state index contributed by atoms with van der Waals surface area (Å²) in [5.41, 5.74) is 2.85. The molecule has 0 aliphatic rings. The van der Waals surface area contributed by atoms with Crippen molar-refractivity contribution in [1.29, 1.82) is 0 Å². The molecule has 28 heavy (non-hydrogen) atoms. The molecular weight excluding hydrogens is 376 g/mol. The molecule has 3 rings (SSSR count). The quantitative estimate of drug-likeness (QED) is 0.612. The first kappa shape index (κ1) is 19.6. The molecule has 0 fully saturated rings. The van der Waals surface area contributed by atoms with E-state index in [0.717, 1.165) is 23.4 Å². The lowest BCUT2D eigenvalue weighted by molar-refractivity contribution is 0.102. The molecule has 0 saturated carbocycles. The lowest BCUT2D eigenvalue weighted by atomic mass is 10.1. The predicted molar refractivity (Wildman–Crippen MR) is 112 cm³/mol. The number of hydrogen-bond donors (Lipinski definition) is 2. The van der Waals surface area contributed by atoms with Crippen LogP contribution in [-0.4, -0.2) is 23.0 Å². The molecule has 144 valence electrons. The second kappa shape index (κ2) is 8.71. The Morgan fingerprint density at radius 1 is 1.14 bits per heavy atom. The number of ether oxygens (including phenoxy) is 1. The fraction of sp³-hybridized carbons (Fsp3) is 0.190. The van der Waals surface area contributed by atoms with Crippen LogP contribution in [0, 0.1) is 6.92 Å². The SMILES string of the molecule is CCc1ccccc1NC(=O)c1cc(Nc2ccc(OC)c(Cl)c2)nc(C)n1. The van der Waals surface area contributed by atoms with Crippen molar-refractivity contribution in [1.82, 2.24) is 9.97 Å². The van der Waals surface area contributed by atoms with Crippen molar-refractivity contribution in [3.05, 3.63) is 70.6 Å². The van der Waals surface area contributed by atoms with E-state index in [2.05, 4.69) is 20.6 Å². The molecule has 0 radical (unpaired) electrons. The fourth-order valence-corrected chi connectivity index (χ4v) is 3.03. The van der Waals surface area contributed by atoms with Gasteiger partial charge >= 0.3 is 0 Å². The van der Waals surface area contributed by atoms with E-state index >= 15 is 0 Å². The van der Waals surface area contributed by atoms with Gasteiger partial charge in [-0.2, -0.15) is 0 Å². The van der Waals surface area contributed by atoms with Gasteiger partial charge in [-0.1, -0.05) is 36.7 Å². The highest BCUT2D eigenvalue weighted by atomic mass is 35.5. The summed E-state index contributed by atoms with van der Waals surface area (Å²) in [6.07, 6.45) is 0.824. The van der Waals surface area contributed by atoms with E-state index in [9.17, 15) is 4.79 Å². The molecule has 2 aromatic carbocycles. The van der Waals surface area contributed by atoms with Crippen molar-refractivity contribution in [3.8, 4) is 5.75 Å². The third kappa shape index (κ3) is 4.58. The van der Waals surface area contributed by atoms with Crippen LogP contribution < -0.4 is 15.4 Å². The zero-order valence-electron chi connectivity index (χ0n) is 15.9. The van der Waals surface area contributed by atoms with Gasteiger partial charge in [0.15, 0.2) is 0 Å². The largest absolute Gasteiger partial charge is 0.495 e. The number of para-hydroxylation sites is 1. The number of rotatable bonds is 6. The minimum Gasteiger partial charge on any atom is -0.495 e. The van der Waals surface area contributed by atoms with Crippen LogP contribution in [-0.2, 0) is 6.42 Å². The van der Waals surface area contributed by atoms with Gasteiger partial charge < -0.3 is 15.4 Å². The number of nitrogens with zero attached hydrogens (tertiary/aromatic N) is 2. The van der Waals surface area contributed by atoms with Crippen LogP contribution in [0.4, 0.5) is 17.2 Å². The standard InChI is InChI=1S/C21H21ClN4O2/c1-4-14-7-5-6-8-17(14)26-21(27)18-12-20(24-13(2)23-18)25-15-9-10-19(28-3)16(22)11-15/h5-12H,4H2,1-3H3,(H,26,27)(H,23,24,25). The highest BCUT2D eigenvalue weighted by Crippen LogP contribution is 2.28. The summed E-state index contributed by atoms with van der Waals surface area (Å²) in [4.78, 5) is 21.3. The Labute approximate surface area is 168 Å². The molecule has 2 N–H and O–H groups in total. The smallest absolute Gasteiger partial charge is 0.274 e. The van der Waals surface area contributed by atoms with E-state index in [1.54, 1.807) is 32.2 Å². The second-order valence-electron chi connectivity index (χ2n) is 6.12. The molecule has 0 aliphatic carbocycles. The third-order valence-corrected chi connectivity index (χ3v) is 4.44. The number of anilines is 3. The molecule has 1 amide bonds. The number of aromatic nitrogens is 2. The first-order chi connectivity index (χ1) is 13.5. The van der Waals surface area contributed by atoms with E-state index in [-0.39, 0.29) is 11.6 Å². The molecule has 0 saturated heterocycles. The number of aryl methyl sites for hydroxylation is 2. The van der Waals surface area contributed by atoms with E-state index < -0.39 is 0 Å². The first-order valence-corrected chi connectivity index (χ1v) is 9.23. The molecule has 0 unspecified atom stereocenters. The van der Waals surface area contributed by atoms with Crippen LogP contribution in [0.1, 0.15) is 28.8 Å². The van der Waals surface area contributed by atoms with Crippen LogP contribution in [0.15, 0.2) is 48.5 Å². The number of amides is 1. The van der Waals surface area contributed by atoms with Gasteiger partial charge in [-0.05, 0) is 43.2 Å². The van der Waals surface area contributed by atoms with E-state index in [0.29, 0.717) is 22.4 Å². The molecule has 0 spiro atoms. The maximum atomic E-state index is 12.7. The maximum Gasteiger partial charge on any atom is 0.274 e. The summed E-state index contributed by atoms with van der Waals surface area (Å²) < 4.78 is 5.16. The van der Waals surface area contributed by atoms with Crippen molar-refractivity contribution in [3.63, 3.8) is 0 Å². The number of nitrogens with one attached hydrogen (secondary N) is 2. The highest BCUT2D eigenvalue weighted by Gasteiger charge is 2.13. The van der Waals surface area contributed by atoms with Crippen molar-refractivity contribution in [2.24, 2.45) is 0 Å². The fourth-order valence-electron chi connectivity index (χ4n) is 2.78. The Morgan fingerprint density at radius 2 is 1.93 bits per heavy atom. The summed E-state index contributed by atoms with van der Waals surface area (Å²) >= 11 is 6.17. The maximum absolute atomic E-state index is 12.7. The lowest BCUT2D eigenvalue weighted by Gasteiger charge is -2.12. The van der Waals surface area contributed by atoms with Crippen LogP contribution >= 0.6 is 11.6 Å². The number of hydrogen-bond acceptors (Lipinski definition) is 5. The van der Waals surface area contributed by atoms with Gasteiger partial charge in [0.2, 0.25) is 0 Å². The Hall–Kier alpha value is -3.12. The van der Waals surface area contributed by atoms with Crippen molar-refractivity contribution in [2.45, 2.75) is 20.3 Å². The zero-order chi connectivity index (χ0) is 20.1. The number of carbonyl (C=O) groups is 1. The normalized spacial score (nSPS) is 10.4. The van der Waals surface area contributed by atoms with Crippen LogP contribution in [0.5, 0.6) is 5.75 Å². The molecular formula is C21H21ClN4O2. The third-order valence-electron chi connectivity index (χ3n) is 4.14. The van der Waals surface area contributed by atoms with Gasteiger partial charge in [0, 0.05) is 17.4 Å². The first-order valence-electron chi connectivity index (χ1n) is 8.85. The van der Waals surface area contributed by atoms with Crippen molar-refractivity contribution in [2.75, 3.05) is 17.7 Å². The Balaban J connectivity index is 1.83. The average molecular weight is 397 g/mol. The summed E-state index contributed by atoms with van der Waals surface area (Å²) in [6.45, 7) is 3.78. The molecule has 3 aromatic rings. The van der Waals surface area contributed by atoms with Gasteiger partial charge in [-0.3, -0.25) is 4.79 Å². The zero-order valence-corrected chi connectivity index (χ0v) is 16.7. The van der Waals surface area contributed by atoms with E-state index in [1.807, 2.05) is 37.3 Å². The van der Waals surface area contributed by atoms with Gasteiger partial charge in [-0.25, -0.2) is 9.97 Å². The van der Waals surface area contributed by atoms with Gasteiger partial charge in [-0.15, -0.1) is 0 Å². The molecule has 0 aliphatic heterocycles. The minimum absolute atomic E-state index is 0.278. The summed E-state index contributed by atoms with van der Waals surface area (Å²) in [7, 11) is 1.56. The van der Waals surface area contributed by atoms with E-state index in [4.69, 9.17) is 16.3 Å². The van der Waals surface area contributed by atoms with Crippen LogP contribution in [0.25, 0.3) is 0 Å². The number of methoxy groups -OCH3 is 1. The van der Waals surface area contributed by atoms with Gasteiger partial charge in [0.05, 0.1) is 12.1 Å². The molecule has 0 bridgehead atoms. The minimum atomic E-state index is -0.290. The van der Waals surface area contributed by atoms with Crippen molar-refractivity contribution >= 4 is 34.7 Å². The summed E-state index contributed by atoms with van der Waals surface area (Å²) in [5.74, 6) is 1.28. The Kier molecular flexibility index (Phi) is 6.11. The van der Waals surface area contributed by atoms with Crippen LogP contribution in [0.2, 0.25) is 5.02 Å². The molecule has 7 heteroatoms. The number of halogens is 1. The van der Waals surface area contributed by atoms with E-state index in [1.165, 1.54) is 0 Å². The predicted octanol–water partition coefficient (Wildman–Crippen LogP) is 5.01. The summed E-state index contributed by atoms with van der Waals surface area (Å²) in [5, 5.41) is 6.55. The van der Waals surface area contributed by atoms with Crippen LogP contribution in [0.3, 0.4) is 0 Å². The highest BCUT2D eigenvalue weighted by molar-refractivity contribution is 6.32. The topological polar surface area (TPSA) is 76.1 Å². The Bertz CT molecular complexity index is 1010. The summed E-state index contributed by atoms with van der Waals surface area (Å²) in [6, 6.07) is 14.6. The van der Waals surface area contributed by atoms with Gasteiger partial charge in [0.1, 0.15) is 23.1 Å². The Morgan fingerprint density at radius 3 is 2.64 bits per heavy atom. The van der Waals surface area contributed by atoms with Gasteiger partial charge in [0.25, 0.3) is 5.91 Å². The molecule has 1 heterocycles. The molecule has 0 atom stereocenters. The lowest BCUT2D eigenvalue weighted by Crippen LogP contribution is -2.16.